The summed E-state index contributed by atoms with van der Waals surface area (Å²) in [5.41, 5.74) is 6.97. The van der Waals surface area contributed by atoms with Crippen molar-refractivity contribution < 1.29 is 4.79 Å². The second-order valence-electron chi connectivity index (χ2n) is 6.63. The molecule has 1 heterocycles. The van der Waals surface area contributed by atoms with Gasteiger partial charge in [-0.25, -0.2) is 0 Å². The van der Waals surface area contributed by atoms with E-state index in [4.69, 9.17) is 5.73 Å². The Kier molecular flexibility index (Phi) is 6.40. The quantitative estimate of drug-likeness (QED) is 0.848. The number of piperidine rings is 1. The summed E-state index contributed by atoms with van der Waals surface area (Å²) in [5, 5.41) is 3.06. The Morgan fingerprint density at radius 3 is 2.55 bits per heavy atom. The van der Waals surface area contributed by atoms with Crippen molar-refractivity contribution in [3.05, 3.63) is 35.9 Å². The van der Waals surface area contributed by atoms with Crippen molar-refractivity contribution in [2.24, 2.45) is 11.7 Å². The Morgan fingerprint density at radius 2 is 1.95 bits per heavy atom. The van der Waals surface area contributed by atoms with E-state index in [-0.39, 0.29) is 18.0 Å². The first-order valence-electron chi connectivity index (χ1n) is 8.37. The van der Waals surface area contributed by atoms with Gasteiger partial charge in [-0.05, 0) is 44.3 Å². The van der Waals surface area contributed by atoms with Crippen LogP contribution in [-0.2, 0) is 4.79 Å². The number of benzene rings is 1. The first-order valence-corrected chi connectivity index (χ1v) is 8.37. The molecule has 1 aliphatic rings. The van der Waals surface area contributed by atoms with E-state index in [0.29, 0.717) is 13.0 Å². The van der Waals surface area contributed by atoms with E-state index in [2.05, 4.69) is 41.4 Å². The number of carbonyl (C=O) groups is 1. The number of carbonyl (C=O) groups excluding carboxylic acids is 1. The molecule has 1 amide bonds. The lowest BCUT2D eigenvalue weighted by Gasteiger charge is -2.37. The van der Waals surface area contributed by atoms with Gasteiger partial charge in [0.2, 0.25) is 5.91 Å². The number of nitrogens with zero attached hydrogens (tertiary/aromatic N) is 1. The zero-order chi connectivity index (χ0) is 15.9. The summed E-state index contributed by atoms with van der Waals surface area (Å²) >= 11 is 0. The maximum Gasteiger partial charge on any atom is 0.221 e. The van der Waals surface area contributed by atoms with Gasteiger partial charge in [-0.2, -0.15) is 0 Å². The number of nitrogens with two attached hydrogens (primary N) is 1. The van der Waals surface area contributed by atoms with Gasteiger partial charge in [0.05, 0.1) is 6.04 Å². The monoisotopic (exact) mass is 303 g/mol. The Morgan fingerprint density at radius 1 is 1.32 bits per heavy atom. The lowest BCUT2D eigenvalue weighted by Crippen LogP contribution is -2.42. The zero-order valence-electron chi connectivity index (χ0n) is 13.8. The van der Waals surface area contributed by atoms with E-state index in [1.165, 1.54) is 18.4 Å². The summed E-state index contributed by atoms with van der Waals surface area (Å²) in [4.78, 5) is 14.4. The molecule has 1 aromatic carbocycles. The molecular weight excluding hydrogens is 274 g/mol. The van der Waals surface area contributed by atoms with E-state index in [1.54, 1.807) is 0 Å². The molecule has 2 rings (SSSR count). The van der Waals surface area contributed by atoms with Gasteiger partial charge in [0.25, 0.3) is 0 Å². The third-order valence-corrected chi connectivity index (χ3v) is 4.44. The van der Waals surface area contributed by atoms with Crippen LogP contribution in [0, 0.1) is 5.92 Å². The Labute approximate surface area is 134 Å². The van der Waals surface area contributed by atoms with Crippen molar-refractivity contribution in [1.82, 2.24) is 10.2 Å². The highest BCUT2D eigenvalue weighted by Crippen LogP contribution is 2.26. The Balaban J connectivity index is 2.01. The molecule has 1 aromatic rings. The van der Waals surface area contributed by atoms with Gasteiger partial charge >= 0.3 is 0 Å². The van der Waals surface area contributed by atoms with Gasteiger partial charge in [-0.1, -0.05) is 37.3 Å². The van der Waals surface area contributed by atoms with Crippen molar-refractivity contribution >= 4 is 5.91 Å². The number of hydrogen-bond acceptors (Lipinski definition) is 3. The molecule has 0 radical (unpaired) electrons. The first-order chi connectivity index (χ1) is 10.6. The second kappa shape index (κ2) is 8.30. The molecule has 0 spiro atoms. The molecule has 1 saturated heterocycles. The van der Waals surface area contributed by atoms with E-state index >= 15 is 0 Å². The summed E-state index contributed by atoms with van der Waals surface area (Å²) < 4.78 is 0. The fourth-order valence-corrected chi connectivity index (χ4v) is 3.05. The standard InChI is InChI=1S/C18H29N3O/c1-14-8-10-21(11-9-14)17(16-6-4-3-5-7-16)13-20-18(22)12-15(2)19/h3-7,14-15,17H,8-13,19H2,1-2H3,(H,20,22). The summed E-state index contributed by atoms with van der Waals surface area (Å²) in [6.45, 7) is 7.04. The lowest BCUT2D eigenvalue weighted by atomic mass is 9.95. The van der Waals surface area contributed by atoms with Crippen LogP contribution < -0.4 is 11.1 Å². The highest BCUT2D eigenvalue weighted by molar-refractivity contribution is 5.76. The number of hydrogen-bond donors (Lipinski definition) is 2. The highest BCUT2D eigenvalue weighted by atomic mass is 16.1. The third kappa shape index (κ3) is 5.11. The Bertz CT molecular complexity index is 453. The average Bonchev–Trinajstić information content (AvgIpc) is 2.49. The molecule has 1 fully saturated rings. The Hall–Kier alpha value is -1.39. The van der Waals surface area contributed by atoms with Gasteiger partial charge in [0.1, 0.15) is 0 Å². The largest absolute Gasteiger partial charge is 0.354 e. The van der Waals surface area contributed by atoms with Crippen LogP contribution in [0.2, 0.25) is 0 Å². The maximum absolute atomic E-state index is 11.9. The predicted octanol–water partition coefficient (Wildman–Crippen LogP) is 2.31. The molecule has 0 bridgehead atoms. The second-order valence-corrected chi connectivity index (χ2v) is 6.63. The number of amides is 1. The highest BCUT2D eigenvalue weighted by Gasteiger charge is 2.24. The first kappa shape index (κ1) is 17.0. The van der Waals surface area contributed by atoms with Crippen LogP contribution >= 0.6 is 0 Å². The molecule has 22 heavy (non-hydrogen) atoms. The maximum atomic E-state index is 11.9. The van der Waals surface area contributed by atoms with Crippen molar-refractivity contribution in [3.8, 4) is 0 Å². The van der Waals surface area contributed by atoms with Crippen LogP contribution in [-0.4, -0.2) is 36.5 Å². The molecule has 4 heteroatoms. The van der Waals surface area contributed by atoms with Crippen molar-refractivity contribution in [2.45, 2.75) is 45.2 Å². The zero-order valence-corrected chi connectivity index (χ0v) is 13.8. The number of rotatable bonds is 6. The fourth-order valence-electron chi connectivity index (χ4n) is 3.05. The molecule has 4 nitrogen and oxygen atoms in total. The molecule has 2 atom stereocenters. The molecule has 0 aliphatic carbocycles. The van der Waals surface area contributed by atoms with Crippen LogP contribution in [0.25, 0.3) is 0 Å². The molecule has 3 N–H and O–H groups in total. The molecular formula is C18H29N3O. The molecule has 0 aromatic heterocycles. The normalized spacial score (nSPS) is 19.6. The van der Waals surface area contributed by atoms with Crippen LogP contribution in [0.1, 0.15) is 44.7 Å². The van der Waals surface area contributed by atoms with Crippen molar-refractivity contribution in [1.29, 1.82) is 0 Å². The fraction of sp³-hybridized carbons (Fsp3) is 0.611. The molecule has 0 saturated carbocycles. The molecule has 122 valence electrons. The molecule has 2 unspecified atom stereocenters. The third-order valence-electron chi connectivity index (χ3n) is 4.44. The van der Waals surface area contributed by atoms with Crippen LogP contribution in [0.15, 0.2) is 30.3 Å². The van der Waals surface area contributed by atoms with Gasteiger partial charge < -0.3 is 11.1 Å². The minimum absolute atomic E-state index is 0.0429. The van der Waals surface area contributed by atoms with Gasteiger partial charge in [-0.3, -0.25) is 9.69 Å². The van der Waals surface area contributed by atoms with Gasteiger partial charge in [0.15, 0.2) is 0 Å². The smallest absolute Gasteiger partial charge is 0.221 e. The van der Waals surface area contributed by atoms with E-state index in [1.807, 2.05) is 13.0 Å². The summed E-state index contributed by atoms with van der Waals surface area (Å²) in [6, 6.07) is 10.6. The van der Waals surface area contributed by atoms with Crippen molar-refractivity contribution in [2.75, 3.05) is 19.6 Å². The van der Waals surface area contributed by atoms with E-state index in [9.17, 15) is 4.79 Å². The summed E-state index contributed by atoms with van der Waals surface area (Å²) in [6.07, 6.45) is 2.85. The summed E-state index contributed by atoms with van der Waals surface area (Å²) in [7, 11) is 0. The van der Waals surface area contributed by atoms with Crippen molar-refractivity contribution in [3.63, 3.8) is 0 Å². The number of nitrogens with one attached hydrogen (secondary N) is 1. The minimum Gasteiger partial charge on any atom is -0.354 e. The molecule has 1 aliphatic heterocycles. The SMILES string of the molecule is CC(N)CC(=O)NCC(c1ccccc1)N1CCC(C)CC1. The van der Waals surface area contributed by atoms with E-state index in [0.717, 1.165) is 19.0 Å². The summed E-state index contributed by atoms with van der Waals surface area (Å²) in [5.74, 6) is 0.849. The lowest BCUT2D eigenvalue weighted by molar-refractivity contribution is -0.121. The van der Waals surface area contributed by atoms with Crippen LogP contribution in [0.5, 0.6) is 0 Å². The number of likely N-dealkylation sites (tertiary alicyclic amines) is 1. The van der Waals surface area contributed by atoms with Crippen LogP contribution in [0.4, 0.5) is 0 Å². The predicted molar refractivity (Wildman–Crippen MR) is 90.4 cm³/mol. The van der Waals surface area contributed by atoms with Crippen LogP contribution in [0.3, 0.4) is 0 Å². The topological polar surface area (TPSA) is 58.4 Å². The van der Waals surface area contributed by atoms with Gasteiger partial charge in [0, 0.05) is 19.0 Å². The van der Waals surface area contributed by atoms with E-state index < -0.39 is 0 Å². The van der Waals surface area contributed by atoms with Gasteiger partial charge in [-0.15, -0.1) is 0 Å². The minimum atomic E-state index is -0.0917. The average molecular weight is 303 g/mol.